The van der Waals surface area contributed by atoms with Crippen molar-refractivity contribution in [2.24, 2.45) is 0 Å². The van der Waals surface area contributed by atoms with E-state index >= 15 is 0 Å². The minimum absolute atomic E-state index is 0.947. The molecular weight excluding hydrogens is 86.1 g/mol. The lowest BCUT2D eigenvalue weighted by Gasteiger charge is -1.91. The van der Waals surface area contributed by atoms with Gasteiger partial charge in [-0.15, -0.1) is 0 Å². The molecule has 0 radical (unpaired) electrons. The molecule has 0 aromatic heterocycles. The molecule has 0 heterocycles. The molecule has 0 aliphatic heterocycles. The van der Waals surface area contributed by atoms with E-state index in [4.69, 9.17) is 0 Å². The summed E-state index contributed by atoms with van der Waals surface area (Å²) in [5.41, 5.74) is 0.947. The summed E-state index contributed by atoms with van der Waals surface area (Å²) < 4.78 is 0. The van der Waals surface area contributed by atoms with Gasteiger partial charge in [-0.2, -0.15) is 0 Å². The summed E-state index contributed by atoms with van der Waals surface area (Å²) >= 11 is 0. The molecule has 0 atom stereocenters. The Balaban J connectivity index is 3.37. The van der Waals surface area contributed by atoms with Crippen LogP contribution in [0.1, 0.15) is 6.92 Å². The molecule has 0 spiro atoms. The molecule has 0 aromatic rings. The van der Waals surface area contributed by atoms with Crippen LogP contribution in [-0.4, -0.2) is 7.05 Å². The third-order valence-electron chi connectivity index (χ3n) is 0.689. The summed E-state index contributed by atoms with van der Waals surface area (Å²) in [6.07, 6.45) is 3.86. The summed E-state index contributed by atoms with van der Waals surface area (Å²) in [5.74, 6) is 0. The van der Waals surface area contributed by atoms with Gasteiger partial charge in [-0.1, -0.05) is 12.7 Å². The quantitative estimate of drug-likeness (QED) is 0.512. The number of hydrogen-bond acceptors (Lipinski definition) is 1. The second-order valence-corrected chi connectivity index (χ2v) is 1.28. The first-order valence-electron chi connectivity index (χ1n) is 2.30. The monoisotopic (exact) mass is 97.1 g/mol. The van der Waals surface area contributed by atoms with E-state index in [1.807, 2.05) is 26.1 Å². The van der Waals surface area contributed by atoms with E-state index < -0.39 is 0 Å². The van der Waals surface area contributed by atoms with Crippen molar-refractivity contribution >= 4 is 0 Å². The molecule has 1 nitrogen and oxygen atoms in total. The fourth-order valence-corrected chi connectivity index (χ4v) is 0.285. The lowest BCUT2D eigenvalue weighted by Crippen LogP contribution is -1.99. The molecule has 0 rings (SSSR count). The van der Waals surface area contributed by atoms with E-state index in [9.17, 15) is 0 Å². The van der Waals surface area contributed by atoms with E-state index in [1.165, 1.54) is 0 Å². The zero-order valence-electron chi connectivity index (χ0n) is 4.86. The van der Waals surface area contributed by atoms with Crippen molar-refractivity contribution in [3.63, 3.8) is 0 Å². The van der Waals surface area contributed by atoms with Crippen molar-refractivity contribution in [2.45, 2.75) is 6.92 Å². The molecule has 0 amide bonds. The number of likely N-dealkylation sites (N-methyl/N-ethyl adjacent to an activating group) is 1. The van der Waals surface area contributed by atoms with Gasteiger partial charge in [0.05, 0.1) is 0 Å². The van der Waals surface area contributed by atoms with Crippen molar-refractivity contribution < 1.29 is 0 Å². The lowest BCUT2D eigenvalue weighted by molar-refractivity contribution is 1.04. The van der Waals surface area contributed by atoms with Gasteiger partial charge in [0.25, 0.3) is 0 Å². The minimum Gasteiger partial charge on any atom is -0.389 e. The Morgan fingerprint density at radius 2 is 2.29 bits per heavy atom. The first-order chi connectivity index (χ1) is 3.31. The molecule has 0 fully saturated rings. The van der Waals surface area contributed by atoms with Crippen LogP contribution >= 0.6 is 0 Å². The topological polar surface area (TPSA) is 12.0 Å². The van der Waals surface area contributed by atoms with Gasteiger partial charge in [0, 0.05) is 12.7 Å². The fraction of sp³-hybridized carbons (Fsp3) is 0.333. The second kappa shape index (κ2) is 3.47. The van der Waals surface area contributed by atoms with Crippen LogP contribution in [0.5, 0.6) is 0 Å². The predicted octanol–water partition coefficient (Wildman–Crippen LogP) is 1.30. The summed E-state index contributed by atoms with van der Waals surface area (Å²) in [5, 5.41) is 2.88. The third kappa shape index (κ3) is 3.10. The Kier molecular flexibility index (Phi) is 3.11. The third-order valence-corrected chi connectivity index (χ3v) is 0.689. The van der Waals surface area contributed by atoms with Crippen LogP contribution in [0.4, 0.5) is 0 Å². The maximum Gasteiger partial charge on any atom is 0.0261 e. The van der Waals surface area contributed by atoms with Crippen LogP contribution in [0.2, 0.25) is 0 Å². The highest BCUT2D eigenvalue weighted by Gasteiger charge is 1.71. The molecule has 0 aromatic carbocycles. The normalized spacial score (nSPS) is 9.43. The van der Waals surface area contributed by atoms with Crippen LogP contribution in [0.15, 0.2) is 24.4 Å². The molecule has 0 saturated carbocycles. The van der Waals surface area contributed by atoms with Crippen molar-refractivity contribution in [1.29, 1.82) is 0 Å². The van der Waals surface area contributed by atoms with E-state index in [1.54, 1.807) is 0 Å². The van der Waals surface area contributed by atoms with Gasteiger partial charge in [0.2, 0.25) is 0 Å². The zero-order valence-corrected chi connectivity index (χ0v) is 4.86. The first-order valence-corrected chi connectivity index (χ1v) is 2.30. The van der Waals surface area contributed by atoms with Crippen molar-refractivity contribution in [3.05, 3.63) is 24.4 Å². The van der Waals surface area contributed by atoms with Crippen molar-refractivity contribution in [1.82, 2.24) is 5.32 Å². The van der Waals surface area contributed by atoms with Crippen LogP contribution in [0, 0.1) is 0 Å². The smallest absolute Gasteiger partial charge is 0.0261 e. The standard InChI is InChI=1S/C6H11N/c1-4-5-6(2)7-3/h4-5,7H,2H2,1,3H3/b5-4-. The van der Waals surface area contributed by atoms with Gasteiger partial charge in [0.1, 0.15) is 0 Å². The van der Waals surface area contributed by atoms with Crippen LogP contribution in [-0.2, 0) is 0 Å². The van der Waals surface area contributed by atoms with Gasteiger partial charge in [0.15, 0.2) is 0 Å². The Bertz CT molecular complexity index is 82.2. The molecule has 0 aliphatic carbocycles. The first kappa shape index (κ1) is 6.28. The fourth-order valence-electron chi connectivity index (χ4n) is 0.285. The Morgan fingerprint density at radius 3 is 2.43 bits per heavy atom. The largest absolute Gasteiger partial charge is 0.389 e. The molecule has 7 heavy (non-hydrogen) atoms. The highest BCUT2D eigenvalue weighted by atomic mass is 14.8. The number of nitrogens with one attached hydrogen (secondary N) is 1. The summed E-state index contributed by atoms with van der Waals surface area (Å²) in [6, 6.07) is 0. The zero-order chi connectivity index (χ0) is 5.70. The van der Waals surface area contributed by atoms with E-state index in [-0.39, 0.29) is 0 Å². The van der Waals surface area contributed by atoms with Gasteiger partial charge < -0.3 is 5.32 Å². The average molecular weight is 97.2 g/mol. The number of allylic oxidation sites excluding steroid dienone is 2. The molecule has 1 heteroatoms. The summed E-state index contributed by atoms with van der Waals surface area (Å²) in [4.78, 5) is 0. The maximum atomic E-state index is 3.66. The van der Waals surface area contributed by atoms with Crippen LogP contribution in [0.3, 0.4) is 0 Å². The molecule has 40 valence electrons. The molecule has 0 aliphatic rings. The molecule has 0 unspecified atom stereocenters. The second-order valence-electron chi connectivity index (χ2n) is 1.28. The number of hydrogen-bond donors (Lipinski definition) is 1. The molecule has 0 bridgehead atoms. The summed E-state index contributed by atoms with van der Waals surface area (Å²) in [7, 11) is 1.85. The minimum atomic E-state index is 0.947. The maximum absolute atomic E-state index is 3.66. The van der Waals surface area contributed by atoms with E-state index in [2.05, 4.69) is 11.9 Å². The van der Waals surface area contributed by atoms with Crippen molar-refractivity contribution in [3.8, 4) is 0 Å². The Labute approximate surface area is 44.7 Å². The van der Waals surface area contributed by atoms with Crippen LogP contribution < -0.4 is 5.32 Å². The van der Waals surface area contributed by atoms with E-state index in [0.717, 1.165) is 5.70 Å². The summed E-state index contributed by atoms with van der Waals surface area (Å²) in [6.45, 7) is 5.63. The molecular formula is C6H11N. The average Bonchev–Trinajstić information content (AvgIpc) is 1.68. The predicted molar refractivity (Wildman–Crippen MR) is 33.0 cm³/mol. The Hall–Kier alpha value is -0.720. The van der Waals surface area contributed by atoms with Gasteiger partial charge in [-0.05, 0) is 13.0 Å². The Morgan fingerprint density at radius 1 is 1.71 bits per heavy atom. The molecule has 0 saturated heterocycles. The van der Waals surface area contributed by atoms with Gasteiger partial charge >= 0.3 is 0 Å². The van der Waals surface area contributed by atoms with Gasteiger partial charge in [-0.25, -0.2) is 0 Å². The SMILES string of the molecule is C=C(/C=C\C)NC. The number of rotatable bonds is 2. The molecule has 1 N–H and O–H groups in total. The van der Waals surface area contributed by atoms with Crippen LogP contribution in [0.25, 0.3) is 0 Å². The lowest BCUT2D eigenvalue weighted by atomic mass is 10.4. The van der Waals surface area contributed by atoms with Gasteiger partial charge in [-0.3, -0.25) is 0 Å². The highest BCUT2D eigenvalue weighted by molar-refractivity contribution is 5.09. The highest BCUT2D eigenvalue weighted by Crippen LogP contribution is 1.81. The van der Waals surface area contributed by atoms with E-state index in [0.29, 0.717) is 0 Å². The van der Waals surface area contributed by atoms with Crippen molar-refractivity contribution in [2.75, 3.05) is 7.05 Å².